The van der Waals surface area contributed by atoms with Crippen LogP contribution in [0.25, 0.3) is 0 Å². The van der Waals surface area contributed by atoms with Crippen LogP contribution >= 0.6 is 0 Å². The molecule has 0 heterocycles. The molecule has 0 spiro atoms. The highest BCUT2D eigenvalue weighted by Gasteiger charge is 2.15. The second-order valence-corrected chi connectivity index (χ2v) is 5.12. The van der Waals surface area contributed by atoms with Gasteiger partial charge in [-0.1, -0.05) is 29.3 Å². The Hall–Kier alpha value is -2.29. The molecule has 0 N–H and O–H groups in total. The molecule has 0 atom stereocenters. The number of carbonyl (C=O) groups excluding carboxylic acids is 1. The van der Waals surface area contributed by atoms with Gasteiger partial charge in [0, 0.05) is 12.0 Å². The SMILES string of the molecule is COc1ccc(C)cc1CC(=O)c1cc(C)ccc1OC. The Bertz CT molecular complexity index is 660. The topological polar surface area (TPSA) is 35.5 Å². The second kappa shape index (κ2) is 6.44. The molecule has 0 radical (unpaired) electrons. The van der Waals surface area contributed by atoms with Crippen molar-refractivity contribution in [2.24, 2.45) is 0 Å². The lowest BCUT2D eigenvalue weighted by Gasteiger charge is -2.11. The van der Waals surface area contributed by atoms with E-state index in [-0.39, 0.29) is 5.78 Å². The lowest BCUT2D eigenvalue weighted by molar-refractivity contribution is 0.0989. The van der Waals surface area contributed by atoms with Gasteiger partial charge < -0.3 is 9.47 Å². The molecule has 21 heavy (non-hydrogen) atoms. The summed E-state index contributed by atoms with van der Waals surface area (Å²) in [6, 6.07) is 11.5. The zero-order valence-corrected chi connectivity index (χ0v) is 12.9. The van der Waals surface area contributed by atoms with Crippen molar-refractivity contribution in [3.8, 4) is 11.5 Å². The molecule has 0 fully saturated rings. The summed E-state index contributed by atoms with van der Waals surface area (Å²) >= 11 is 0. The van der Waals surface area contributed by atoms with Crippen molar-refractivity contribution in [2.75, 3.05) is 14.2 Å². The van der Waals surface area contributed by atoms with Crippen molar-refractivity contribution < 1.29 is 14.3 Å². The first-order valence-electron chi connectivity index (χ1n) is 6.86. The molecule has 2 aromatic carbocycles. The van der Waals surface area contributed by atoms with Crippen LogP contribution in [0.2, 0.25) is 0 Å². The average molecular weight is 284 g/mol. The van der Waals surface area contributed by atoms with E-state index >= 15 is 0 Å². The van der Waals surface area contributed by atoms with Crippen LogP contribution < -0.4 is 9.47 Å². The molecular weight excluding hydrogens is 264 g/mol. The Morgan fingerprint density at radius 1 is 0.905 bits per heavy atom. The van der Waals surface area contributed by atoms with Gasteiger partial charge in [-0.2, -0.15) is 0 Å². The van der Waals surface area contributed by atoms with Gasteiger partial charge in [0.1, 0.15) is 11.5 Å². The molecule has 2 aromatic rings. The Kier molecular flexibility index (Phi) is 4.63. The first-order chi connectivity index (χ1) is 10.0. The highest BCUT2D eigenvalue weighted by atomic mass is 16.5. The summed E-state index contributed by atoms with van der Waals surface area (Å²) in [4.78, 5) is 12.6. The van der Waals surface area contributed by atoms with E-state index in [2.05, 4.69) is 0 Å². The molecule has 2 rings (SSSR count). The minimum atomic E-state index is 0.0273. The number of carbonyl (C=O) groups is 1. The normalized spacial score (nSPS) is 10.3. The molecular formula is C18H20O3. The molecule has 3 heteroatoms. The summed E-state index contributed by atoms with van der Waals surface area (Å²) in [5.74, 6) is 1.37. The third-order valence-electron chi connectivity index (χ3n) is 3.44. The first-order valence-corrected chi connectivity index (χ1v) is 6.86. The molecule has 0 bridgehead atoms. The fourth-order valence-corrected chi connectivity index (χ4v) is 2.35. The molecule has 0 aliphatic carbocycles. The van der Waals surface area contributed by atoms with Crippen molar-refractivity contribution >= 4 is 5.78 Å². The molecule has 0 unspecified atom stereocenters. The number of hydrogen-bond donors (Lipinski definition) is 0. The van der Waals surface area contributed by atoms with Crippen LogP contribution in [0.4, 0.5) is 0 Å². The summed E-state index contributed by atoms with van der Waals surface area (Å²) < 4.78 is 10.6. The van der Waals surface area contributed by atoms with Crippen molar-refractivity contribution in [3.63, 3.8) is 0 Å². The largest absolute Gasteiger partial charge is 0.496 e. The van der Waals surface area contributed by atoms with Crippen LogP contribution in [0.15, 0.2) is 36.4 Å². The number of ketones is 1. The Labute approximate surface area is 125 Å². The molecule has 0 amide bonds. The maximum absolute atomic E-state index is 12.6. The summed E-state index contributed by atoms with van der Waals surface area (Å²) in [5, 5.41) is 0. The van der Waals surface area contributed by atoms with Gasteiger partial charge in [0.25, 0.3) is 0 Å². The number of hydrogen-bond acceptors (Lipinski definition) is 3. The zero-order chi connectivity index (χ0) is 15.4. The van der Waals surface area contributed by atoms with Crippen LogP contribution in [0, 0.1) is 13.8 Å². The van der Waals surface area contributed by atoms with Crippen molar-refractivity contribution in [1.29, 1.82) is 0 Å². The maximum Gasteiger partial charge on any atom is 0.171 e. The summed E-state index contributed by atoms with van der Waals surface area (Å²) in [6.45, 7) is 3.96. The molecule has 110 valence electrons. The first kappa shape index (κ1) is 15.1. The van der Waals surface area contributed by atoms with Crippen molar-refractivity contribution in [1.82, 2.24) is 0 Å². The van der Waals surface area contributed by atoms with E-state index in [1.165, 1.54) is 0 Å². The van der Waals surface area contributed by atoms with Gasteiger partial charge in [-0.05, 0) is 32.0 Å². The van der Waals surface area contributed by atoms with Crippen LogP contribution in [0.1, 0.15) is 27.0 Å². The number of benzene rings is 2. The molecule has 0 saturated heterocycles. The van der Waals surface area contributed by atoms with E-state index in [1.54, 1.807) is 14.2 Å². The lowest BCUT2D eigenvalue weighted by atomic mass is 9.99. The molecule has 3 nitrogen and oxygen atoms in total. The molecule has 0 saturated carbocycles. The molecule has 0 aliphatic rings. The van der Waals surface area contributed by atoms with Gasteiger partial charge in [0.2, 0.25) is 0 Å². The van der Waals surface area contributed by atoms with E-state index < -0.39 is 0 Å². The second-order valence-electron chi connectivity index (χ2n) is 5.12. The van der Waals surface area contributed by atoms with Crippen LogP contribution in [0.5, 0.6) is 11.5 Å². The van der Waals surface area contributed by atoms with E-state index in [9.17, 15) is 4.79 Å². The maximum atomic E-state index is 12.6. The molecule has 0 aliphatic heterocycles. The Morgan fingerprint density at radius 2 is 1.48 bits per heavy atom. The van der Waals surface area contributed by atoms with Gasteiger partial charge >= 0.3 is 0 Å². The van der Waals surface area contributed by atoms with Crippen molar-refractivity contribution in [3.05, 3.63) is 58.7 Å². The number of methoxy groups -OCH3 is 2. The monoisotopic (exact) mass is 284 g/mol. The predicted molar refractivity (Wildman–Crippen MR) is 83.5 cm³/mol. The van der Waals surface area contributed by atoms with E-state index in [4.69, 9.17) is 9.47 Å². The summed E-state index contributed by atoms with van der Waals surface area (Å²) in [6.07, 6.45) is 0.296. The number of Topliss-reactive ketones (excluding diaryl/α,β-unsaturated/α-hetero) is 1. The Morgan fingerprint density at radius 3 is 2.10 bits per heavy atom. The minimum absolute atomic E-state index is 0.0273. The van der Waals surface area contributed by atoms with E-state index in [1.807, 2.05) is 50.2 Å². The van der Waals surface area contributed by atoms with Crippen LogP contribution in [-0.2, 0) is 6.42 Å². The highest BCUT2D eigenvalue weighted by molar-refractivity contribution is 6.00. The van der Waals surface area contributed by atoms with Gasteiger partial charge in [-0.25, -0.2) is 0 Å². The quantitative estimate of drug-likeness (QED) is 0.784. The fourth-order valence-electron chi connectivity index (χ4n) is 2.35. The van der Waals surface area contributed by atoms with Crippen LogP contribution in [-0.4, -0.2) is 20.0 Å². The van der Waals surface area contributed by atoms with Gasteiger partial charge in [-0.15, -0.1) is 0 Å². The van der Waals surface area contributed by atoms with Crippen molar-refractivity contribution in [2.45, 2.75) is 20.3 Å². The van der Waals surface area contributed by atoms with Gasteiger partial charge in [0.05, 0.1) is 19.8 Å². The summed E-state index contributed by atoms with van der Waals surface area (Å²) in [5.41, 5.74) is 3.65. The third-order valence-corrected chi connectivity index (χ3v) is 3.44. The zero-order valence-electron chi connectivity index (χ0n) is 12.9. The van der Waals surface area contributed by atoms with E-state index in [0.717, 1.165) is 22.4 Å². The number of ether oxygens (including phenoxy) is 2. The lowest BCUT2D eigenvalue weighted by Crippen LogP contribution is -2.07. The average Bonchev–Trinajstić information content (AvgIpc) is 2.47. The highest BCUT2D eigenvalue weighted by Crippen LogP contribution is 2.25. The smallest absolute Gasteiger partial charge is 0.171 e. The number of aryl methyl sites for hydroxylation is 2. The minimum Gasteiger partial charge on any atom is -0.496 e. The van der Waals surface area contributed by atoms with Crippen LogP contribution in [0.3, 0.4) is 0 Å². The predicted octanol–water partition coefficient (Wildman–Crippen LogP) is 3.75. The van der Waals surface area contributed by atoms with E-state index in [0.29, 0.717) is 17.7 Å². The molecule has 0 aromatic heterocycles. The van der Waals surface area contributed by atoms with Gasteiger partial charge in [-0.3, -0.25) is 4.79 Å². The van der Waals surface area contributed by atoms with Gasteiger partial charge in [0.15, 0.2) is 5.78 Å². The number of rotatable bonds is 5. The fraction of sp³-hybridized carbons (Fsp3) is 0.278. The summed E-state index contributed by atoms with van der Waals surface area (Å²) in [7, 11) is 3.20. The Balaban J connectivity index is 2.34. The third kappa shape index (κ3) is 3.43. The standard InChI is InChI=1S/C18H20O3/c1-12-5-7-17(20-3)14(9-12)11-16(19)15-10-13(2)6-8-18(15)21-4/h5-10H,11H2,1-4H3.